The molecule has 0 aliphatic rings. The van der Waals surface area contributed by atoms with Crippen LogP contribution in [-0.2, 0) is 4.74 Å². The Hall–Kier alpha value is -3.24. The highest BCUT2D eigenvalue weighted by Crippen LogP contribution is 2.22. The Morgan fingerprint density at radius 2 is 1.64 bits per heavy atom. The molecule has 0 aliphatic carbocycles. The second-order valence-electron chi connectivity index (χ2n) is 7.37. The van der Waals surface area contributed by atoms with Crippen molar-refractivity contribution < 1.29 is 18.3 Å². The highest BCUT2D eigenvalue weighted by molar-refractivity contribution is 6.02. The summed E-state index contributed by atoms with van der Waals surface area (Å²) in [6.07, 6.45) is -0.305. The molecule has 33 heavy (non-hydrogen) atoms. The van der Waals surface area contributed by atoms with Crippen LogP contribution in [0.15, 0.2) is 58.7 Å². The molecule has 2 unspecified atom stereocenters. The third-order valence-electron chi connectivity index (χ3n) is 4.76. The largest absolute Gasteiger partial charge is 0.380 e. The van der Waals surface area contributed by atoms with E-state index in [-0.39, 0.29) is 24.0 Å². The average Bonchev–Trinajstić information content (AvgIpc) is 2.81. The zero-order chi connectivity index (χ0) is 24.2. The monoisotopic (exact) mass is 461 g/mol. The fourth-order valence-electron chi connectivity index (χ4n) is 3.00. The van der Waals surface area contributed by atoms with Gasteiger partial charge in [0, 0.05) is 24.6 Å². The lowest BCUT2D eigenvalue weighted by Gasteiger charge is -2.25. The van der Waals surface area contributed by atoms with Crippen LogP contribution in [0.2, 0.25) is 0 Å². The maximum atomic E-state index is 13.2. The number of nitrogens with zero attached hydrogens (tertiary/aromatic N) is 2. The van der Waals surface area contributed by atoms with Crippen LogP contribution in [0.25, 0.3) is 0 Å². The Kier molecular flexibility index (Phi) is 10.5. The van der Waals surface area contributed by atoms with Crippen LogP contribution in [0.3, 0.4) is 0 Å². The lowest BCUT2D eigenvalue weighted by molar-refractivity contribution is 0.100. The summed E-state index contributed by atoms with van der Waals surface area (Å²) < 4.78 is 31.8. The van der Waals surface area contributed by atoms with Gasteiger partial charge in [0.25, 0.3) is 5.91 Å². The van der Waals surface area contributed by atoms with Crippen molar-refractivity contribution in [2.45, 2.75) is 38.5 Å². The van der Waals surface area contributed by atoms with E-state index >= 15 is 0 Å². The smallest absolute Gasteiger partial charge is 0.280 e. The van der Waals surface area contributed by atoms with Gasteiger partial charge in [0.1, 0.15) is 17.7 Å². The van der Waals surface area contributed by atoms with Gasteiger partial charge in [-0.1, -0.05) is 17.3 Å². The first-order valence-electron chi connectivity index (χ1n) is 10.6. The number of halogens is 2. The van der Waals surface area contributed by atoms with Crippen molar-refractivity contribution in [2.24, 2.45) is 10.2 Å². The fraction of sp³-hybridized carbons (Fsp3) is 0.391. The quantitative estimate of drug-likeness (QED) is 0.205. The van der Waals surface area contributed by atoms with E-state index in [9.17, 15) is 18.5 Å². The van der Waals surface area contributed by atoms with Crippen LogP contribution in [-0.4, -0.2) is 44.3 Å². The van der Waals surface area contributed by atoms with Crippen molar-refractivity contribution in [1.82, 2.24) is 16.0 Å². The minimum Gasteiger partial charge on any atom is -0.380 e. The normalized spacial score (nSPS) is 14.3. The molecule has 0 spiro atoms. The van der Waals surface area contributed by atoms with E-state index in [1.54, 1.807) is 7.05 Å². The van der Waals surface area contributed by atoms with Gasteiger partial charge in [-0.25, -0.2) is 8.78 Å². The van der Waals surface area contributed by atoms with Crippen molar-refractivity contribution in [3.8, 4) is 0 Å². The molecule has 3 N–H and O–H groups in total. The topological polar surface area (TPSA) is 104 Å². The van der Waals surface area contributed by atoms with Crippen LogP contribution in [0.5, 0.6) is 0 Å². The third-order valence-corrected chi connectivity index (χ3v) is 4.76. The number of hydrogen-bond donors (Lipinski definition) is 3. The average molecular weight is 462 g/mol. The molecule has 0 bridgehead atoms. The first kappa shape index (κ1) is 26.0. The van der Waals surface area contributed by atoms with E-state index in [4.69, 9.17) is 4.74 Å². The van der Waals surface area contributed by atoms with E-state index in [1.807, 2.05) is 13.8 Å². The molecule has 0 heterocycles. The molecule has 178 valence electrons. The maximum absolute atomic E-state index is 13.2. The summed E-state index contributed by atoms with van der Waals surface area (Å²) in [6, 6.07) is 9.64. The molecular weight excluding hydrogens is 432 g/mol. The minimum atomic E-state index is -0.759. The molecule has 10 heteroatoms. The summed E-state index contributed by atoms with van der Waals surface area (Å²) in [5.41, 5.74) is 0.779. The van der Waals surface area contributed by atoms with Crippen molar-refractivity contribution in [1.29, 1.82) is 0 Å². The number of hydrogen-bond acceptors (Lipinski definition) is 5. The highest BCUT2D eigenvalue weighted by atomic mass is 19.1. The summed E-state index contributed by atoms with van der Waals surface area (Å²) in [6.45, 7) is 4.64. The van der Waals surface area contributed by atoms with Crippen molar-refractivity contribution in [3.63, 3.8) is 0 Å². The Labute approximate surface area is 191 Å². The second kappa shape index (κ2) is 13.3. The summed E-state index contributed by atoms with van der Waals surface area (Å²) in [7, 11) is 1.67. The number of nitroso groups, excluding NO2 is 1. The van der Waals surface area contributed by atoms with E-state index in [0.717, 1.165) is 0 Å². The summed E-state index contributed by atoms with van der Waals surface area (Å²) in [5.74, 6) is -1.29. The molecule has 0 saturated heterocycles. The van der Waals surface area contributed by atoms with Gasteiger partial charge < -0.3 is 20.7 Å². The number of ether oxygens (including phenoxy) is 1. The highest BCUT2D eigenvalue weighted by Gasteiger charge is 2.20. The van der Waals surface area contributed by atoms with Crippen LogP contribution in [0.1, 0.15) is 42.2 Å². The minimum absolute atomic E-state index is 0.152. The molecule has 8 nitrogen and oxygen atoms in total. The number of amides is 1. The number of guanidine groups is 1. The van der Waals surface area contributed by atoms with Gasteiger partial charge in [-0.05, 0) is 62.9 Å². The van der Waals surface area contributed by atoms with E-state index < -0.39 is 29.7 Å². The molecule has 2 rings (SSSR count). The van der Waals surface area contributed by atoms with Crippen LogP contribution in [0, 0.1) is 16.5 Å². The maximum Gasteiger partial charge on any atom is 0.280 e. The van der Waals surface area contributed by atoms with Crippen LogP contribution < -0.4 is 16.0 Å². The van der Waals surface area contributed by atoms with Gasteiger partial charge in [-0.3, -0.25) is 4.79 Å². The van der Waals surface area contributed by atoms with Gasteiger partial charge in [-0.15, -0.1) is 0 Å². The Morgan fingerprint density at radius 1 is 1.03 bits per heavy atom. The molecule has 2 aromatic rings. The lowest BCUT2D eigenvalue weighted by Crippen LogP contribution is -2.52. The van der Waals surface area contributed by atoms with Crippen molar-refractivity contribution >= 4 is 11.9 Å². The third kappa shape index (κ3) is 8.66. The van der Waals surface area contributed by atoms with E-state index in [2.05, 4.69) is 26.1 Å². The Morgan fingerprint density at radius 3 is 2.18 bits per heavy atom. The van der Waals surface area contributed by atoms with Crippen molar-refractivity contribution in [2.75, 3.05) is 20.3 Å². The van der Waals surface area contributed by atoms with Gasteiger partial charge in [0.15, 0.2) is 0 Å². The lowest BCUT2D eigenvalue weighted by atomic mass is 10.0. The number of aliphatic imine (C=N–C) groups is 1. The predicted octanol–water partition coefficient (Wildman–Crippen LogP) is 3.51. The first-order valence-corrected chi connectivity index (χ1v) is 10.6. The Bertz CT molecular complexity index is 923. The van der Waals surface area contributed by atoms with Gasteiger partial charge in [0.2, 0.25) is 5.96 Å². The van der Waals surface area contributed by atoms with Gasteiger partial charge in [-0.2, -0.15) is 9.90 Å². The number of carbonyl (C=O) groups is 1. The molecular formula is C23H29F2N5O3. The summed E-state index contributed by atoms with van der Waals surface area (Å²) in [4.78, 5) is 28.2. The van der Waals surface area contributed by atoms with Crippen molar-refractivity contribution in [3.05, 3.63) is 76.2 Å². The number of carbonyl (C=O) groups excluding carboxylic acids is 1. The second-order valence-corrected chi connectivity index (χ2v) is 7.37. The molecule has 0 fully saturated rings. The predicted molar refractivity (Wildman–Crippen MR) is 123 cm³/mol. The molecule has 2 aromatic carbocycles. The first-order chi connectivity index (χ1) is 15.9. The molecule has 0 aliphatic heterocycles. The zero-order valence-electron chi connectivity index (χ0n) is 18.8. The molecule has 3 atom stereocenters. The Balaban J connectivity index is 2.20. The van der Waals surface area contributed by atoms with Gasteiger partial charge in [0.05, 0.1) is 12.8 Å². The van der Waals surface area contributed by atoms with Gasteiger partial charge >= 0.3 is 0 Å². The zero-order valence-corrected chi connectivity index (χ0v) is 18.8. The molecule has 0 radical (unpaired) electrons. The fourth-order valence-corrected chi connectivity index (χ4v) is 3.00. The van der Waals surface area contributed by atoms with E-state index in [1.165, 1.54) is 48.5 Å². The summed E-state index contributed by atoms with van der Waals surface area (Å²) >= 11 is 0. The number of rotatable bonds is 11. The molecule has 1 amide bonds. The van der Waals surface area contributed by atoms with Crippen LogP contribution in [0.4, 0.5) is 8.78 Å². The molecule has 0 saturated carbocycles. The molecule has 0 aromatic heterocycles. The summed E-state index contributed by atoms with van der Waals surface area (Å²) in [5, 5.41) is 12.3. The van der Waals surface area contributed by atoms with E-state index in [0.29, 0.717) is 18.8 Å². The number of benzene rings is 2. The number of nitrogens with one attached hydrogen (secondary N) is 3. The van der Waals surface area contributed by atoms with Crippen LogP contribution >= 0.6 is 0 Å². The SMILES string of the molecule is CCOC[C@H](C)N/C(=N/C(=O)c1ccc(F)cc1)NC(CC(N=O)c1ccc(F)cc1)NC. The standard InChI is InChI=1S/C23H29F2N5O3/c1-4-33-14-15(2)27-23(29-22(31)17-7-11-19(25)12-8-17)28-21(26-3)13-20(30-32)16-5-9-18(24)10-6-16/h5-12,15,20-21,26H,4,13-14H2,1-3H3,(H2,27,28,29,31)/t15-,20?,21?/m0/s1.